The quantitative estimate of drug-likeness (QED) is 0.897. The molecule has 1 aliphatic carbocycles. The van der Waals surface area contributed by atoms with Gasteiger partial charge in [0, 0.05) is 28.5 Å². The van der Waals surface area contributed by atoms with Crippen molar-refractivity contribution in [2.75, 3.05) is 0 Å². The van der Waals surface area contributed by atoms with Crippen LogP contribution in [0.1, 0.15) is 37.8 Å². The first kappa shape index (κ1) is 10.6. The van der Waals surface area contributed by atoms with Crippen LogP contribution in [-0.2, 0) is 0 Å². The van der Waals surface area contributed by atoms with Gasteiger partial charge in [-0.3, -0.25) is 0 Å². The molecule has 1 N–H and O–H groups in total. The Labute approximate surface area is 105 Å². The third-order valence-corrected chi connectivity index (χ3v) is 3.75. The van der Waals surface area contributed by atoms with Gasteiger partial charge in [0.25, 0.3) is 0 Å². The maximum absolute atomic E-state index is 5.86. The van der Waals surface area contributed by atoms with Crippen LogP contribution in [0, 0.1) is 0 Å². The van der Waals surface area contributed by atoms with E-state index in [4.69, 9.17) is 4.74 Å². The summed E-state index contributed by atoms with van der Waals surface area (Å²) in [4.78, 5) is 0. The highest BCUT2D eigenvalue weighted by molar-refractivity contribution is 9.10. The highest BCUT2D eigenvalue weighted by Crippen LogP contribution is 2.38. The summed E-state index contributed by atoms with van der Waals surface area (Å²) < 4.78 is 6.99. The van der Waals surface area contributed by atoms with Crippen LogP contribution in [0.4, 0.5) is 0 Å². The van der Waals surface area contributed by atoms with Gasteiger partial charge >= 0.3 is 0 Å². The van der Waals surface area contributed by atoms with Crippen LogP contribution >= 0.6 is 15.9 Å². The van der Waals surface area contributed by atoms with Gasteiger partial charge in [0.2, 0.25) is 0 Å². The van der Waals surface area contributed by atoms with Crippen molar-refractivity contribution in [1.29, 1.82) is 0 Å². The van der Waals surface area contributed by atoms with Crippen LogP contribution in [0.25, 0.3) is 0 Å². The van der Waals surface area contributed by atoms with Crippen molar-refractivity contribution in [3.05, 3.63) is 28.2 Å². The standard InChI is InChI=1S/C13H16BrNO/c1-8-6-12(15-10-3-4-10)11-7-9(14)2-5-13(11)16-8/h2,5,7-8,10,12,15H,3-4,6H2,1H3. The van der Waals surface area contributed by atoms with Crippen molar-refractivity contribution in [3.63, 3.8) is 0 Å². The smallest absolute Gasteiger partial charge is 0.124 e. The lowest BCUT2D eigenvalue weighted by molar-refractivity contribution is 0.166. The monoisotopic (exact) mass is 281 g/mol. The van der Waals surface area contributed by atoms with Gasteiger partial charge in [-0.1, -0.05) is 15.9 Å². The van der Waals surface area contributed by atoms with Crippen LogP contribution in [-0.4, -0.2) is 12.1 Å². The zero-order valence-corrected chi connectivity index (χ0v) is 11.0. The Morgan fingerprint density at radius 1 is 1.38 bits per heavy atom. The van der Waals surface area contributed by atoms with Crippen molar-refractivity contribution in [2.45, 2.75) is 44.4 Å². The molecule has 1 fully saturated rings. The molecule has 3 rings (SSSR count). The molecule has 2 unspecified atom stereocenters. The first-order valence-electron chi connectivity index (χ1n) is 5.94. The summed E-state index contributed by atoms with van der Waals surface area (Å²) in [5, 5.41) is 3.71. The Bertz CT molecular complexity index is 403. The van der Waals surface area contributed by atoms with Crippen molar-refractivity contribution < 1.29 is 4.74 Å². The number of halogens is 1. The molecule has 1 aliphatic heterocycles. The van der Waals surface area contributed by atoms with E-state index in [0.717, 1.165) is 22.7 Å². The predicted molar refractivity (Wildman–Crippen MR) is 67.7 cm³/mol. The molecule has 1 saturated carbocycles. The van der Waals surface area contributed by atoms with Gasteiger partial charge in [0.15, 0.2) is 0 Å². The minimum atomic E-state index is 0.310. The summed E-state index contributed by atoms with van der Waals surface area (Å²) >= 11 is 3.53. The highest BCUT2D eigenvalue weighted by atomic mass is 79.9. The van der Waals surface area contributed by atoms with Gasteiger partial charge in [-0.05, 0) is 38.0 Å². The van der Waals surface area contributed by atoms with Gasteiger partial charge in [-0.2, -0.15) is 0 Å². The summed E-state index contributed by atoms with van der Waals surface area (Å²) in [7, 11) is 0. The Morgan fingerprint density at radius 2 is 2.19 bits per heavy atom. The molecule has 0 spiro atoms. The van der Waals surface area contributed by atoms with Crippen LogP contribution in [0.2, 0.25) is 0 Å². The molecule has 2 nitrogen and oxygen atoms in total. The molecule has 3 heteroatoms. The number of rotatable bonds is 2. The summed E-state index contributed by atoms with van der Waals surface area (Å²) in [6, 6.07) is 7.49. The zero-order chi connectivity index (χ0) is 11.1. The number of nitrogens with one attached hydrogen (secondary N) is 1. The van der Waals surface area contributed by atoms with Crippen molar-refractivity contribution in [3.8, 4) is 5.75 Å². The molecule has 0 saturated heterocycles. The van der Waals surface area contributed by atoms with E-state index in [1.165, 1.54) is 18.4 Å². The lowest BCUT2D eigenvalue weighted by Crippen LogP contribution is -2.32. The van der Waals surface area contributed by atoms with E-state index in [9.17, 15) is 0 Å². The molecule has 0 aromatic heterocycles. The second kappa shape index (κ2) is 4.04. The lowest BCUT2D eigenvalue weighted by Gasteiger charge is -2.31. The van der Waals surface area contributed by atoms with E-state index in [2.05, 4.69) is 40.3 Å². The molecule has 1 heterocycles. The number of hydrogen-bond donors (Lipinski definition) is 1. The average molecular weight is 282 g/mol. The minimum Gasteiger partial charge on any atom is -0.490 e. The largest absolute Gasteiger partial charge is 0.490 e. The lowest BCUT2D eigenvalue weighted by atomic mass is 9.97. The van der Waals surface area contributed by atoms with Crippen molar-refractivity contribution in [1.82, 2.24) is 5.32 Å². The SMILES string of the molecule is CC1CC(NC2CC2)c2cc(Br)ccc2O1. The van der Waals surface area contributed by atoms with Gasteiger partial charge in [0.1, 0.15) is 5.75 Å². The third-order valence-electron chi connectivity index (χ3n) is 3.26. The van der Waals surface area contributed by atoms with Gasteiger partial charge in [-0.25, -0.2) is 0 Å². The maximum atomic E-state index is 5.86. The number of hydrogen-bond acceptors (Lipinski definition) is 2. The summed E-state index contributed by atoms with van der Waals surface area (Å²) in [5.41, 5.74) is 1.30. The van der Waals surface area contributed by atoms with Crippen molar-refractivity contribution >= 4 is 15.9 Å². The van der Waals surface area contributed by atoms with Gasteiger partial charge in [-0.15, -0.1) is 0 Å². The molecule has 1 aromatic carbocycles. The molecule has 2 aliphatic rings. The third kappa shape index (κ3) is 2.11. The number of benzene rings is 1. The second-order valence-electron chi connectivity index (χ2n) is 4.84. The number of ether oxygens (including phenoxy) is 1. The zero-order valence-electron chi connectivity index (χ0n) is 9.37. The molecular formula is C13H16BrNO. The van der Waals surface area contributed by atoms with Crippen molar-refractivity contribution in [2.24, 2.45) is 0 Å². The maximum Gasteiger partial charge on any atom is 0.124 e. The Balaban J connectivity index is 1.91. The Morgan fingerprint density at radius 3 is 2.94 bits per heavy atom. The van der Waals surface area contributed by atoms with E-state index in [1.807, 2.05) is 6.07 Å². The fraction of sp³-hybridized carbons (Fsp3) is 0.538. The van der Waals surface area contributed by atoms with Crippen LogP contribution < -0.4 is 10.1 Å². The molecule has 0 bridgehead atoms. The van der Waals surface area contributed by atoms with E-state index in [1.54, 1.807) is 0 Å². The summed E-state index contributed by atoms with van der Waals surface area (Å²) in [6.45, 7) is 2.15. The molecule has 0 amide bonds. The molecular weight excluding hydrogens is 266 g/mol. The highest BCUT2D eigenvalue weighted by Gasteiger charge is 2.31. The molecule has 2 atom stereocenters. The van der Waals surface area contributed by atoms with Gasteiger partial charge in [0.05, 0.1) is 6.10 Å². The summed E-state index contributed by atoms with van der Waals surface area (Å²) in [5.74, 6) is 1.04. The van der Waals surface area contributed by atoms with Crippen LogP contribution in [0.5, 0.6) is 5.75 Å². The molecule has 0 radical (unpaired) electrons. The minimum absolute atomic E-state index is 0.310. The second-order valence-corrected chi connectivity index (χ2v) is 5.76. The molecule has 1 aromatic rings. The Hall–Kier alpha value is -0.540. The molecule has 86 valence electrons. The Kier molecular flexibility index (Phi) is 2.68. The van der Waals surface area contributed by atoms with E-state index in [-0.39, 0.29) is 0 Å². The summed E-state index contributed by atoms with van der Waals surface area (Å²) in [6.07, 6.45) is 4.04. The fourth-order valence-electron chi connectivity index (χ4n) is 2.32. The van der Waals surface area contributed by atoms with E-state index < -0.39 is 0 Å². The topological polar surface area (TPSA) is 21.3 Å². The van der Waals surface area contributed by atoms with Gasteiger partial charge < -0.3 is 10.1 Å². The van der Waals surface area contributed by atoms with E-state index >= 15 is 0 Å². The first-order valence-corrected chi connectivity index (χ1v) is 6.74. The van der Waals surface area contributed by atoms with E-state index in [0.29, 0.717) is 12.1 Å². The van der Waals surface area contributed by atoms with Crippen LogP contribution in [0.3, 0.4) is 0 Å². The first-order chi connectivity index (χ1) is 7.72. The number of fused-ring (bicyclic) bond motifs is 1. The van der Waals surface area contributed by atoms with Crippen LogP contribution in [0.15, 0.2) is 22.7 Å². The predicted octanol–water partition coefficient (Wildman–Crippen LogP) is 3.41. The normalized spacial score (nSPS) is 28.4. The molecule has 16 heavy (non-hydrogen) atoms. The average Bonchev–Trinajstić information content (AvgIpc) is 3.03. The fourth-order valence-corrected chi connectivity index (χ4v) is 2.69.